The van der Waals surface area contributed by atoms with E-state index in [1.165, 1.54) is 5.56 Å². The molecule has 2 N–H and O–H groups in total. The number of hydrogen-bond donors (Lipinski definition) is 2. The van der Waals surface area contributed by atoms with Gasteiger partial charge in [0.05, 0.1) is 6.04 Å². The van der Waals surface area contributed by atoms with Gasteiger partial charge in [-0.05, 0) is 32.3 Å². The minimum absolute atomic E-state index is 0.0689. The van der Waals surface area contributed by atoms with Crippen LogP contribution in [0.4, 0.5) is 0 Å². The van der Waals surface area contributed by atoms with Crippen LogP contribution in [0, 0.1) is 0 Å². The number of benzene rings is 1. The van der Waals surface area contributed by atoms with Crippen LogP contribution in [0.25, 0.3) is 0 Å². The first-order chi connectivity index (χ1) is 13.1. The van der Waals surface area contributed by atoms with E-state index in [1.54, 1.807) is 0 Å². The predicted octanol–water partition coefficient (Wildman–Crippen LogP) is 1.37. The molecule has 0 spiro atoms. The van der Waals surface area contributed by atoms with Gasteiger partial charge in [-0.15, -0.1) is 0 Å². The summed E-state index contributed by atoms with van der Waals surface area (Å²) in [5.74, 6) is 0.344. The Morgan fingerprint density at radius 2 is 2.00 bits per heavy atom. The maximum Gasteiger partial charge on any atom is 0.237 e. The molecule has 2 aliphatic rings. The molecule has 0 radical (unpaired) electrons. The summed E-state index contributed by atoms with van der Waals surface area (Å²) in [6, 6.07) is 10.8. The average Bonchev–Trinajstić information content (AvgIpc) is 3.13. The largest absolute Gasteiger partial charge is 0.353 e. The van der Waals surface area contributed by atoms with Crippen molar-refractivity contribution in [1.29, 1.82) is 0 Å². The highest BCUT2D eigenvalue weighted by molar-refractivity contribution is 5.83. The van der Waals surface area contributed by atoms with Gasteiger partial charge in [0.25, 0.3) is 0 Å². The van der Waals surface area contributed by atoms with Crippen LogP contribution < -0.4 is 10.6 Å². The Morgan fingerprint density at radius 1 is 1.26 bits per heavy atom. The van der Waals surface area contributed by atoms with E-state index < -0.39 is 0 Å². The maximum atomic E-state index is 12.3. The van der Waals surface area contributed by atoms with Crippen LogP contribution in [0.15, 0.2) is 30.3 Å². The molecule has 0 saturated carbocycles. The normalized spacial score (nSPS) is 25.1. The molecule has 2 heterocycles. The number of fused-ring (bicyclic) bond motifs is 1. The Hall–Kier alpha value is -1.92. The Labute approximate surface area is 162 Å². The number of piperazine rings is 1. The van der Waals surface area contributed by atoms with E-state index in [4.69, 9.17) is 0 Å². The van der Waals surface area contributed by atoms with E-state index >= 15 is 0 Å². The van der Waals surface area contributed by atoms with Gasteiger partial charge in [0, 0.05) is 51.2 Å². The first-order valence-corrected chi connectivity index (χ1v) is 10.2. The molecule has 0 bridgehead atoms. The topological polar surface area (TPSA) is 64.7 Å². The van der Waals surface area contributed by atoms with Crippen LogP contribution in [-0.2, 0) is 16.1 Å². The number of nitrogens with one attached hydrogen (secondary N) is 2. The second kappa shape index (κ2) is 9.33. The minimum Gasteiger partial charge on any atom is -0.353 e. The van der Waals surface area contributed by atoms with Crippen LogP contribution in [-0.4, -0.2) is 65.9 Å². The smallest absolute Gasteiger partial charge is 0.237 e. The molecule has 2 fully saturated rings. The van der Waals surface area contributed by atoms with Gasteiger partial charge < -0.3 is 15.5 Å². The van der Waals surface area contributed by atoms with Gasteiger partial charge in [-0.2, -0.15) is 0 Å². The van der Waals surface area contributed by atoms with Gasteiger partial charge >= 0.3 is 0 Å². The lowest BCUT2D eigenvalue weighted by atomic mass is 10.0. The van der Waals surface area contributed by atoms with Crippen molar-refractivity contribution >= 4 is 11.8 Å². The monoisotopic (exact) mass is 372 g/mol. The fourth-order valence-corrected chi connectivity index (χ4v) is 4.27. The lowest BCUT2D eigenvalue weighted by Gasteiger charge is -2.37. The molecule has 3 atom stereocenters. The van der Waals surface area contributed by atoms with Crippen molar-refractivity contribution in [3.8, 4) is 0 Å². The second-order valence-electron chi connectivity index (χ2n) is 7.52. The molecule has 1 aromatic rings. The Morgan fingerprint density at radius 3 is 2.70 bits per heavy atom. The summed E-state index contributed by atoms with van der Waals surface area (Å²) in [7, 11) is 0. The zero-order chi connectivity index (χ0) is 19.2. The zero-order valence-corrected chi connectivity index (χ0v) is 16.5. The number of amides is 2. The van der Waals surface area contributed by atoms with Gasteiger partial charge in [0.2, 0.25) is 11.8 Å². The SMILES string of the molecule is CCN(CC)C(=O)CC[C@@H]1CNC(=O)[C@@H]2C[C@H](NCc3ccccc3)CN12. The maximum absolute atomic E-state index is 12.3. The van der Waals surface area contributed by atoms with Gasteiger partial charge in [-0.3, -0.25) is 14.5 Å². The van der Waals surface area contributed by atoms with E-state index in [9.17, 15) is 9.59 Å². The molecule has 2 amide bonds. The van der Waals surface area contributed by atoms with Crippen molar-refractivity contribution in [2.24, 2.45) is 0 Å². The van der Waals surface area contributed by atoms with Gasteiger partial charge in [-0.1, -0.05) is 30.3 Å². The molecule has 2 saturated heterocycles. The number of nitrogens with zero attached hydrogens (tertiary/aromatic N) is 2. The van der Waals surface area contributed by atoms with Gasteiger partial charge in [0.1, 0.15) is 0 Å². The molecule has 148 valence electrons. The second-order valence-corrected chi connectivity index (χ2v) is 7.52. The third-order valence-electron chi connectivity index (χ3n) is 5.87. The van der Waals surface area contributed by atoms with Crippen LogP contribution in [0.1, 0.15) is 38.7 Å². The summed E-state index contributed by atoms with van der Waals surface area (Å²) < 4.78 is 0. The number of carbonyl (C=O) groups is 2. The molecule has 0 unspecified atom stereocenters. The highest BCUT2D eigenvalue weighted by atomic mass is 16.2. The van der Waals surface area contributed by atoms with E-state index in [-0.39, 0.29) is 23.9 Å². The molecular formula is C21H32N4O2. The molecular weight excluding hydrogens is 340 g/mol. The molecule has 6 nitrogen and oxygen atoms in total. The van der Waals surface area contributed by atoms with Crippen molar-refractivity contribution < 1.29 is 9.59 Å². The molecule has 6 heteroatoms. The molecule has 0 aromatic heterocycles. The highest BCUT2D eigenvalue weighted by Gasteiger charge is 2.43. The predicted molar refractivity (Wildman–Crippen MR) is 106 cm³/mol. The molecule has 3 rings (SSSR count). The molecule has 1 aromatic carbocycles. The molecule has 0 aliphatic carbocycles. The van der Waals surface area contributed by atoms with E-state index in [1.807, 2.05) is 36.9 Å². The van der Waals surface area contributed by atoms with Crippen molar-refractivity contribution in [3.63, 3.8) is 0 Å². The Kier molecular flexibility index (Phi) is 6.85. The van der Waals surface area contributed by atoms with Crippen molar-refractivity contribution in [2.75, 3.05) is 26.2 Å². The van der Waals surface area contributed by atoms with Crippen molar-refractivity contribution in [1.82, 2.24) is 20.4 Å². The third kappa shape index (κ3) is 4.87. The summed E-state index contributed by atoms with van der Waals surface area (Å²) in [5.41, 5.74) is 1.26. The number of hydrogen-bond acceptors (Lipinski definition) is 4. The fraction of sp³-hybridized carbons (Fsp3) is 0.619. The van der Waals surface area contributed by atoms with Crippen LogP contribution in [0.5, 0.6) is 0 Å². The van der Waals surface area contributed by atoms with Crippen LogP contribution >= 0.6 is 0 Å². The summed E-state index contributed by atoms with van der Waals surface area (Å²) >= 11 is 0. The van der Waals surface area contributed by atoms with Crippen molar-refractivity contribution in [2.45, 2.75) is 57.8 Å². The van der Waals surface area contributed by atoms with Crippen LogP contribution in [0.3, 0.4) is 0 Å². The standard InChI is InChI=1S/C21H32N4O2/c1-3-24(4-2)20(26)11-10-18-14-23-21(27)19-12-17(15-25(18)19)22-13-16-8-6-5-7-9-16/h5-9,17-19,22H,3-4,10-15H2,1-2H3,(H,23,27)/t17-,18+,19-/m0/s1. The first-order valence-electron chi connectivity index (χ1n) is 10.2. The Bertz CT molecular complexity index is 632. The third-order valence-corrected chi connectivity index (χ3v) is 5.87. The number of carbonyl (C=O) groups excluding carboxylic acids is 2. The van der Waals surface area contributed by atoms with E-state index in [2.05, 4.69) is 27.7 Å². The summed E-state index contributed by atoms with van der Waals surface area (Å²) in [4.78, 5) is 28.9. The zero-order valence-electron chi connectivity index (χ0n) is 16.5. The van der Waals surface area contributed by atoms with Crippen molar-refractivity contribution in [3.05, 3.63) is 35.9 Å². The summed E-state index contributed by atoms with van der Waals surface area (Å²) in [6.07, 6.45) is 2.18. The lowest BCUT2D eigenvalue weighted by Crippen LogP contribution is -2.58. The lowest BCUT2D eigenvalue weighted by molar-refractivity contribution is -0.132. The van der Waals surface area contributed by atoms with Gasteiger partial charge in [-0.25, -0.2) is 0 Å². The Balaban J connectivity index is 1.54. The average molecular weight is 373 g/mol. The van der Waals surface area contributed by atoms with Crippen LogP contribution in [0.2, 0.25) is 0 Å². The highest BCUT2D eigenvalue weighted by Crippen LogP contribution is 2.26. The molecule has 2 aliphatic heterocycles. The summed E-state index contributed by atoms with van der Waals surface area (Å²) in [5, 5.41) is 6.65. The van der Waals surface area contributed by atoms with E-state index in [0.717, 1.165) is 39.0 Å². The first kappa shape index (κ1) is 19.8. The summed E-state index contributed by atoms with van der Waals surface area (Å²) in [6.45, 7) is 7.88. The van der Waals surface area contributed by atoms with Gasteiger partial charge in [0.15, 0.2) is 0 Å². The van der Waals surface area contributed by atoms with E-state index in [0.29, 0.717) is 19.0 Å². The fourth-order valence-electron chi connectivity index (χ4n) is 4.27. The number of rotatable bonds is 8. The quantitative estimate of drug-likeness (QED) is 0.723. The minimum atomic E-state index is -0.0689. The molecule has 27 heavy (non-hydrogen) atoms.